The first-order valence-corrected chi connectivity index (χ1v) is 3.96. The van der Waals surface area contributed by atoms with Crippen molar-refractivity contribution in [3.63, 3.8) is 0 Å². The van der Waals surface area contributed by atoms with Crippen molar-refractivity contribution in [2.24, 2.45) is 0 Å². The number of Topliss-reactive ketones (excluding diaryl/α,β-unsaturated/α-hetero) is 1. The minimum atomic E-state index is -1.55. The summed E-state index contributed by atoms with van der Waals surface area (Å²) in [5.41, 5.74) is 0. The second-order valence-corrected chi connectivity index (χ2v) is 3.23. The molecule has 0 aromatic carbocycles. The van der Waals surface area contributed by atoms with Crippen molar-refractivity contribution in [1.82, 2.24) is 0 Å². The number of carbonyl (C=O) groups excluding carboxylic acids is 1. The Hall–Kier alpha value is -0.410. The Bertz CT molecular complexity index is 163. The minimum Gasteiger partial charge on any atom is -0.360 e. The lowest BCUT2D eigenvalue weighted by Crippen LogP contribution is -2.38. The lowest BCUT2D eigenvalue weighted by Gasteiger charge is -2.22. The zero-order valence-corrected chi connectivity index (χ0v) is 6.96. The van der Waals surface area contributed by atoms with Crippen LogP contribution in [0.25, 0.3) is 0 Å². The average molecular weight is 158 g/mol. The maximum absolute atomic E-state index is 11.1. The van der Waals surface area contributed by atoms with Gasteiger partial charge in [-0.2, -0.15) is 0 Å². The molecule has 1 aliphatic rings. The molecule has 3 nitrogen and oxygen atoms in total. The molecule has 64 valence electrons. The van der Waals surface area contributed by atoms with Crippen molar-refractivity contribution in [2.45, 2.75) is 45.0 Å². The first-order chi connectivity index (χ1) is 5.02. The molecule has 0 saturated carbocycles. The van der Waals surface area contributed by atoms with Gasteiger partial charge in [-0.15, -0.1) is 0 Å². The summed E-state index contributed by atoms with van der Waals surface area (Å²) in [6.07, 6.45) is 2.08. The highest BCUT2D eigenvalue weighted by molar-refractivity contribution is 5.85. The summed E-state index contributed by atoms with van der Waals surface area (Å²) < 4.78 is 5.12. The minimum absolute atomic E-state index is 0.0172. The van der Waals surface area contributed by atoms with E-state index in [-0.39, 0.29) is 11.9 Å². The van der Waals surface area contributed by atoms with E-state index >= 15 is 0 Å². The Morgan fingerprint density at radius 1 is 1.73 bits per heavy atom. The fourth-order valence-corrected chi connectivity index (χ4v) is 1.30. The number of carbonyl (C=O) groups is 1. The van der Waals surface area contributed by atoms with Crippen LogP contribution in [-0.4, -0.2) is 22.8 Å². The van der Waals surface area contributed by atoms with E-state index in [1.165, 1.54) is 6.92 Å². The molecule has 1 rings (SSSR count). The number of hydrogen-bond acceptors (Lipinski definition) is 3. The quantitative estimate of drug-likeness (QED) is 0.568. The highest BCUT2D eigenvalue weighted by atomic mass is 16.6. The third-order valence-corrected chi connectivity index (χ3v) is 1.96. The molecule has 2 unspecified atom stereocenters. The van der Waals surface area contributed by atoms with Crippen LogP contribution in [0.2, 0.25) is 0 Å². The molecule has 1 heterocycles. The molecular formula is C8H14O3. The molecular weight excluding hydrogens is 144 g/mol. The molecule has 0 aliphatic carbocycles. The first-order valence-electron chi connectivity index (χ1n) is 3.96. The van der Waals surface area contributed by atoms with Crippen molar-refractivity contribution < 1.29 is 14.6 Å². The Kier molecular flexibility index (Phi) is 2.30. The lowest BCUT2D eigenvalue weighted by atomic mass is 10.1. The summed E-state index contributed by atoms with van der Waals surface area (Å²) in [5, 5.41) is 9.42. The van der Waals surface area contributed by atoms with Gasteiger partial charge < -0.3 is 9.84 Å². The van der Waals surface area contributed by atoms with Gasteiger partial charge in [-0.3, -0.25) is 4.79 Å². The predicted octanol–water partition coefficient (Wildman–Crippen LogP) is 0.853. The van der Waals surface area contributed by atoms with Crippen molar-refractivity contribution in [1.29, 1.82) is 0 Å². The van der Waals surface area contributed by atoms with Crippen molar-refractivity contribution in [2.75, 3.05) is 0 Å². The Morgan fingerprint density at radius 3 is 3.00 bits per heavy atom. The number of rotatable bonds is 0. The average Bonchev–Trinajstić information content (AvgIpc) is 1.93. The topological polar surface area (TPSA) is 46.5 Å². The Labute approximate surface area is 66.4 Å². The van der Waals surface area contributed by atoms with Crippen molar-refractivity contribution >= 4 is 5.78 Å². The van der Waals surface area contributed by atoms with E-state index in [1.54, 1.807) is 0 Å². The van der Waals surface area contributed by atoms with Gasteiger partial charge in [0.2, 0.25) is 5.79 Å². The molecule has 0 aromatic heterocycles. The van der Waals surface area contributed by atoms with Crippen LogP contribution in [0.4, 0.5) is 0 Å². The van der Waals surface area contributed by atoms with E-state index in [0.29, 0.717) is 6.42 Å². The Balaban J connectivity index is 2.68. The van der Waals surface area contributed by atoms with Gasteiger partial charge in [0.25, 0.3) is 0 Å². The van der Waals surface area contributed by atoms with E-state index in [2.05, 4.69) is 0 Å². The van der Waals surface area contributed by atoms with Gasteiger partial charge in [-0.1, -0.05) is 0 Å². The van der Waals surface area contributed by atoms with E-state index in [4.69, 9.17) is 4.74 Å². The molecule has 0 amide bonds. The number of hydrogen-bond donors (Lipinski definition) is 1. The van der Waals surface area contributed by atoms with E-state index < -0.39 is 5.79 Å². The maximum Gasteiger partial charge on any atom is 0.223 e. The molecule has 3 heteroatoms. The standard InChI is InChI=1S/C8H14O3/c1-6-4-3-5-7(9)8(2,10)11-6/h6,10H,3-5H2,1-2H3. The number of ether oxygens (including phenoxy) is 1. The fraction of sp³-hybridized carbons (Fsp3) is 0.875. The summed E-state index contributed by atoms with van der Waals surface area (Å²) in [4.78, 5) is 11.1. The summed E-state index contributed by atoms with van der Waals surface area (Å²) in [5.74, 6) is -1.75. The Morgan fingerprint density at radius 2 is 2.36 bits per heavy atom. The zero-order chi connectivity index (χ0) is 8.48. The monoisotopic (exact) mass is 158 g/mol. The third kappa shape index (κ3) is 2.01. The smallest absolute Gasteiger partial charge is 0.223 e. The van der Waals surface area contributed by atoms with Crippen LogP contribution in [0.15, 0.2) is 0 Å². The summed E-state index contributed by atoms with van der Waals surface area (Å²) >= 11 is 0. The van der Waals surface area contributed by atoms with Gasteiger partial charge in [-0.05, 0) is 26.7 Å². The van der Waals surface area contributed by atoms with E-state index in [1.807, 2.05) is 6.92 Å². The molecule has 1 saturated heterocycles. The summed E-state index contributed by atoms with van der Waals surface area (Å²) in [6.45, 7) is 3.28. The van der Waals surface area contributed by atoms with E-state index in [9.17, 15) is 9.90 Å². The largest absolute Gasteiger partial charge is 0.360 e. The lowest BCUT2D eigenvalue weighted by molar-refractivity contribution is -0.208. The number of aliphatic hydroxyl groups is 1. The van der Waals surface area contributed by atoms with Crippen LogP contribution >= 0.6 is 0 Å². The van der Waals surface area contributed by atoms with Gasteiger partial charge in [-0.25, -0.2) is 0 Å². The van der Waals surface area contributed by atoms with Gasteiger partial charge in [0.1, 0.15) is 0 Å². The van der Waals surface area contributed by atoms with Crippen molar-refractivity contribution in [3.05, 3.63) is 0 Å². The summed E-state index contributed by atoms with van der Waals surface area (Å²) in [6, 6.07) is 0. The highest BCUT2D eigenvalue weighted by Crippen LogP contribution is 2.21. The summed E-state index contributed by atoms with van der Waals surface area (Å²) in [7, 11) is 0. The molecule has 1 aliphatic heterocycles. The molecule has 2 atom stereocenters. The van der Waals surface area contributed by atoms with Crippen LogP contribution in [-0.2, 0) is 9.53 Å². The van der Waals surface area contributed by atoms with Crippen LogP contribution in [0.3, 0.4) is 0 Å². The fourth-order valence-electron chi connectivity index (χ4n) is 1.30. The third-order valence-electron chi connectivity index (χ3n) is 1.96. The van der Waals surface area contributed by atoms with Crippen molar-refractivity contribution in [3.8, 4) is 0 Å². The second kappa shape index (κ2) is 2.91. The highest BCUT2D eigenvalue weighted by Gasteiger charge is 2.34. The van der Waals surface area contributed by atoms with E-state index in [0.717, 1.165) is 12.8 Å². The zero-order valence-electron chi connectivity index (χ0n) is 6.96. The van der Waals surface area contributed by atoms with Crippen LogP contribution < -0.4 is 0 Å². The van der Waals surface area contributed by atoms with Crippen LogP contribution in [0.5, 0.6) is 0 Å². The SMILES string of the molecule is CC1CCCC(=O)C(C)(O)O1. The molecule has 1 fully saturated rings. The number of ketones is 1. The first kappa shape index (κ1) is 8.68. The van der Waals surface area contributed by atoms with Gasteiger partial charge in [0.05, 0.1) is 6.10 Å². The second-order valence-electron chi connectivity index (χ2n) is 3.23. The molecule has 0 radical (unpaired) electrons. The predicted molar refractivity (Wildman–Crippen MR) is 40.0 cm³/mol. The molecule has 0 bridgehead atoms. The normalized spacial score (nSPS) is 40.3. The maximum atomic E-state index is 11.1. The molecule has 11 heavy (non-hydrogen) atoms. The van der Waals surface area contributed by atoms with Gasteiger partial charge in [0, 0.05) is 6.42 Å². The van der Waals surface area contributed by atoms with Crippen LogP contribution in [0.1, 0.15) is 33.1 Å². The molecule has 1 N–H and O–H groups in total. The van der Waals surface area contributed by atoms with Crippen LogP contribution in [0, 0.1) is 0 Å². The van der Waals surface area contributed by atoms with Gasteiger partial charge >= 0.3 is 0 Å². The molecule has 0 spiro atoms. The molecule has 0 aromatic rings. The van der Waals surface area contributed by atoms with Gasteiger partial charge in [0.15, 0.2) is 5.78 Å².